The summed E-state index contributed by atoms with van der Waals surface area (Å²) < 4.78 is 7.09. The highest BCUT2D eigenvalue weighted by Gasteiger charge is 2.17. The average Bonchev–Trinajstić information content (AvgIpc) is 2.28. The van der Waals surface area contributed by atoms with E-state index in [0.717, 1.165) is 12.4 Å². The zero-order valence-electron chi connectivity index (χ0n) is 9.66. The van der Waals surface area contributed by atoms with E-state index in [1.54, 1.807) is 0 Å². The fourth-order valence-corrected chi connectivity index (χ4v) is 2.72. The lowest BCUT2D eigenvalue weighted by Gasteiger charge is -2.29. The molecule has 1 saturated heterocycles. The Morgan fingerprint density at radius 2 is 2.25 bits per heavy atom. The van der Waals surface area contributed by atoms with Gasteiger partial charge in [-0.1, -0.05) is 12.1 Å². The van der Waals surface area contributed by atoms with E-state index in [0.29, 0.717) is 5.92 Å². The molecular weight excluding hydrogens is 313 g/mol. The molecule has 1 aromatic carbocycles. The Bertz CT molecular complexity index is 342. The van der Waals surface area contributed by atoms with Gasteiger partial charge in [0.2, 0.25) is 0 Å². The molecule has 3 heteroatoms. The van der Waals surface area contributed by atoms with Crippen molar-refractivity contribution in [2.75, 3.05) is 26.7 Å². The summed E-state index contributed by atoms with van der Waals surface area (Å²) in [5, 5.41) is 0. The largest absolute Gasteiger partial charge is 0.492 e. The minimum Gasteiger partial charge on any atom is -0.492 e. The van der Waals surface area contributed by atoms with Crippen molar-refractivity contribution in [2.24, 2.45) is 5.92 Å². The van der Waals surface area contributed by atoms with Crippen molar-refractivity contribution >= 4 is 22.6 Å². The Labute approximate surface area is 111 Å². The van der Waals surface area contributed by atoms with Gasteiger partial charge >= 0.3 is 0 Å². The van der Waals surface area contributed by atoms with Crippen molar-refractivity contribution in [3.63, 3.8) is 0 Å². The van der Waals surface area contributed by atoms with Gasteiger partial charge in [0.05, 0.1) is 10.2 Å². The molecule has 0 unspecified atom stereocenters. The first-order valence-corrected chi connectivity index (χ1v) is 6.89. The van der Waals surface area contributed by atoms with E-state index in [2.05, 4.69) is 40.6 Å². The zero-order chi connectivity index (χ0) is 11.4. The maximum Gasteiger partial charge on any atom is 0.132 e. The zero-order valence-corrected chi connectivity index (χ0v) is 11.8. The number of likely N-dealkylation sites (tertiary alicyclic amines) is 1. The third-order valence-electron chi connectivity index (χ3n) is 3.03. The highest BCUT2D eigenvalue weighted by Crippen LogP contribution is 2.22. The third-order valence-corrected chi connectivity index (χ3v) is 3.92. The second-order valence-electron chi connectivity index (χ2n) is 4.51. The monoisotopic (exact) mass is 331 g/mol. The second kappa shape index (κ2) is 5.87. The number of ether oxygens (including phenoxy) is 1. The second-order valence-corrected chi connectivity index (χ2v) is 5.67. The van der Waals surface area contributed by atoms with Crippen LogP contribution in [0.15, 0.2) is 24.3 Å². The molecule has 2 rings (SSSR count). The van der Waals surface area contributed by atoms with Gasteiger partial charge in [0.25, 0.3) is 0 Å². The topological polar surface area (TPSA) is 12.5 Å². The van der Waals surface area contributed by atoms with E-state index >= 15 is 0 Å². The van der Waals surface area contributed by atoms with Crippen LogP contribution in [0.1, 0.15) is 12.8 Å². The van der Waals surface area contributed by atoms with Gasteiger partial charge in [-0.2, -0.15) is 0 Å². The molecule has 1 fully saturated rings. The number of para-hydroxylation sites is 1. The molecular formula is C13H18INO. The van der Waals surface area contributed by atoms with Crippen molar-refractivity contribution in [1.82, 2.24) is 4.90 Å². The Hall–Kier alpha value is -0.290. The van der Waals surface area contributed by atoms with E-state index in [1.807, 2.05) is 18.2 Å². The molecule has 0 aliphatic carbocycles. The van der Waals surface area contributed by atoms with E-state index in [9.17, 15) is 0 Å². The average molecular weight is 331 g/mol. The summed E-state index contributed by atoms with van der Waals surface area (Å²) in [6.45, 7) is 3.26. The summed E-state index contributed by atoms with van der Waals surface area (Å²) >= 11 is 2.32. The number of hydrogen-bond donors (Lipinski definition) is 0. The van der Waals surface area contributed by atoms with Crippen LogP contribution in [0.4, 0.5) is 0 Å². The van der Waals surface area contributed by atoms with Gasteiger partial charge in [0, 0.05) is 12.5 Å². The van der Waals surface area contributed by atoms with Crippen LogP contribution in [0.25, 0.3) is 0 Å². The van der Waals surface area contributed by atoms with Gasteiger partial charge in [-0.15, -0.1) is 0 Å². The van der Waals surface area contributed by atoms with Gasteiger partial charge in [-0.05, 0) is 61.2 Å². The molecule has 2 nitrogen and oxygen atoms in total. The summed E-state index contributed by atoms with van der Waals surface area (Å²) in [5.74, 6) is 1.71. The molecule has 0 amide bonds. The Morgan fingerprint density at radius 3 is 3.00 bits per heavy atom. The van der Waals surface area contributed by atoms with E-state index in [1.165, 1.54) is 29.5 Å². The summed E-state index contributed by atoms with van der Waals surface area (Å²) in [7, 11) is 2.19. The molecule has 0 saturated carbocycles. The van der Waals surface area contributed by atoms with Crippen molar-refractivity contribution < 1.29 is 4.74 Å². The molecule has 1 heterocycles. The van der Waals surface area contributed by atoms with Crippen molar-refractivity contribution in [1.29, 1.82) is 0 Å². The lowest BCUT2D eigenvalue weighted by Crippen LogP contribution is -2.34. The number of nitrogens with zero attached hydrogens (tertiary/aromatic N) is 1. The van der Waals surface area contributed by atoms with Crippen molar-refractivity contribution in [2.45, 2.75) is 12.8 Å². The van der Waals surface area contributed by atoms with Gasteiger partial charge in [-0.25, -0.2) is 0 Å². The van der Waals surface area contributed by atoms with E-state index in [-0.39, 0.29) is 0 Å². The molecule has 0 spiro atoms. The number of piperidine rings is 1. The fraction of sp³-hybridized carbons (Fsp3) is 0.538. The molecule has 0 bridgehead atoms. The lowest BCUT2D eigenvalue weighted by molar-refractivity contribution is 0.150. The van der Waals surface area contributed by atoms with Gasteiger partial charge in [-0.3, -0.25) is 0 Å². The minimum atomic E-state index is 0.690. The van der Waals surface area contributed by atoms with Gasteiger partial charge in [0.1, 0.15) is 5.75 Å². The van der Waals surface area contributed by atoms with Crippen molar-refractivity contribution in [3.8, 4) is 5.75 Å². The normalized spacial score (nSPS) is 22.0. The summed E-state index contributed by atoms with van der Waals surface area (Å²) in [5.41, 5.74) is 0. The van der Waals surface area contributed by atoms with Crippen LogP contribution in [0.3, 0.4) is 0 Å². The van der Waals surface area contributed by atoms with Gasteiger partial charge in [0.15, 0.2) is 0 Å². The van der Waals surface area contributed by atoms with Crippen LogP contribution in [-0.2, 0) is 0 Å². The van der Waals surface area contributed by atoms with E-state index in [4.69, 9.17) is 4.74 Å². The fourth-order valence-electron chi connectivity index (χ4n) is 2.18. The smallest absolute Gasteiger partial charge is 0.132 e. The van der Waals surface area contributed by atoms with E-state index < -0.39 is 0 Å². The number of hydrogen-bond acceptors (Lipinski definition) is 2. The van der Waals surface area contributed by atoms with Gasteiger partial charge < -0.3 is 9.64 Å². The van der Waals surface area contributed by atoms with Crippen LogP contribution in [0.5, 0.6) is 5.75 Å². The Balaban J connectivity index is 1.85. The van der Waals surface area contributed by atoms with Crippen molar-refractivity contribution in [3.05, 3.63) is 27.8 Å². The standard InChI is InChI=1S/C13H18INO/c1-15-8-4-5-11(9-15)10-16-13-7-3-2-6-12(13)14/h2-3,6-7,11H,4-5,8-10H2,1H3/t11-/m1/s1. The summed E-state index contributed by atoms with van der Waals surface area (Å²) in [6.07, 6.45) is 2.60. The van der Waals surface area contributed by atoms with Crippen LogP contribution in [-0.4, -0.2) is 31.6 Å². The number of benzene rings is 1. The maximum atomic E-state index is 5.89. The minimum absolute atomic E-state index is 0.690. The quantitative estimate of drug-likeness (QED) is 0.790. The molecule has 0 N–H and O–H groups in total. The summed E-state index contributed by atoms with van der Waals surface area (Å²) in [4.78, 5) is 2.40. The molecule has 88 valence electrons. The SMILES string of the molecule is CN1CCC[C@@H](COc2ccccc2I)C1. The first-order chi connectivity index (χ1) is 7.75. The predicted octanol–water partition coefficient (Wildman–Crippen LogP) is 3.01. The molecule has 1 atom stereocenters. The molecule has 1 aromatic rings. The highest BCUT2D eigenvalue weighted by molar-refractivity contribution is 14.1. The molecule has 1 aliphatic rings. The van der Waals surface area contributed by atoms with Crippen LogP contribution in [0, 0.1) is 9.49 Å². The van der Waals surface area contributed by atoms with Crippen LogP contribution < -0.4 is 4.74 Å². The third kappa shape index (κ3) is 3.35. The number of rotatable bonds is 3. The predicted molar refractivity (Wildman–Crippen MR) is 74.9 cm³/mol. The maximum absolute atomic E-state index is 5.89. The highest BCUT2D eigenvalue weighted by atomic mass is 127. The first-order valence-electron chi connectivity index (χ1n) is 5.81. The van der Waals surface area contributed by atoms with Crippen LogP contribution >= 0.6 is 22.6 Å². The van der Waals surface area contributed by atoms with Crippen LogP contribution in [0.2, 0.25) is 0 Å². The summed E-state index contributed by atoms with van der Waals surface area (Å²) in [6, 6.07) is 8.21. The molecule has 0 radical (unpaired) electrons. The first kappa shape index (κ1) is 12.2. The molecule has 1 aliphatic heterocycles. The Morgan fingerprint density at radius 1 is 1.44 bits per heavy atom. The Kier molecular flexibility index (Phi) is 4.46. The molecule has 0 aromatic heterocycles. The number of halogens is 1. The molecule has 16 heavy (non-hydrogen) atoms. The lowest BCUT2D eigenvalue weighted by atomic mass is 10.00.